The second-order valence-corrected chi connectivity index (χ2v) is 6.24. The monoisotopic (exact) mass is 257 g/mol. The van der Waals surface area contributed by atoms with Crippen molar-refractivity contribution in [3.63, 3.8) is 0 Å². The van der Waals surface area contributed by atoms with Crippen molar-refractivity contribution in [1.82, 2.24) is 5.32 Å². The summed E-state index contributed by atoms with van der Waals surface area (Å²) in [4.78, 5) is 1.43. The molecule has 0 bridgehead atoms. The average Bonchev–Trinajstić information content (AvgIpc) is 2.91. The van der Waals surface area contributed by atoms with Crippen molar-refractivity contribution in [1.29, 1.82) is 0 Å². The maximum absolute atomic E-state index is 3.65. The molecule has 2 aromatic rings. The predicted octanol–water partition coefficient (Wildman–Crippen LogP) is 4.11. The standard InChI is InChI=1S/C16H19NS/c1-11(2)13-6-5-12-7-8-17-16(14(12)10-13)15-4-3-9-18-15/h3-6,9-11,16-17H,7-8H2,1-2H3. The number of fused-ring (bicyclic) bond motifs is 1. The topological polar surface area (TPSA) is 12.0 Å². The van der Waals surface area contributed by atoms with Crippen LogP contribution in [0.1, 0.15) is 47.4 Å². The van der Waals surface area contributed by atoms with Crippen molar-refractivity contribution < 1.29 is 0 Å². The Morgan fingerprint density at radius 2 is 2.17 bits per heavy atom. The zero-order valence-electron chi connectivity index (χ0n) is 10.9. The zero-order chi connectivity index (χ0) is 12.5. The van der Waals surface area contributed by atoms with Gasteiger partial charge in [0.1, 0.15) is 0 Å². The molecule has 0 spiro atoms. The summed E-state index contributed by atoms with van der Waals surface area (Å²) in [5, 5.41) is 5.82. The second-order valence-electron chi connectivity index (χ2n) is 5.27. The molecule has 94 valence electrons. The maximum atomic E-state index is 3.65. The lowest BCUT2D eigenvalue weighted by molar-refractivity contribution is 0.573. The molecule has 0 aliphatic carbocycles. The van der Waals surface area contributed by atoms with E-state index in [1.807, 2.05) is 11.3 Å². The van der Waals surface area contributed by atoms with Gasteiger partial charge in [-0.3, -0.25) is 0 Å². The van der Waals surface area contributed by atoms with Crippen molar-refractivity contribution in [3.8, 4) is 0 Å². The van der Waals surface area contributed by atoms with E-state index in [1.165, 1.54) is 21.6 Å². The van der Waals surface area contributed by atoms with Crippen LogP contribution in [0.4, 0.5) is 0 Å². The first-order chi connectivity index (χ1) is 8.75. The molecule has 1 aromatic carbocycles. The summed E-state index contributed by atoms with van der Waals surface area (Å²) in [6.07, 6.45) is 1.15. The normalized spacial score (nSPS) is 18.9. The van der Waals surface area contributed by atoms with Crippen molar-refractivity contribution in [3.05, 3.63) is 57.3 Å². The third kappa shape index (κ3) is 2.11. The predicted molar refractivity (Wildman–Crippen MR) is 78.4 cm³/mol. The molecular weight excluding hydrogens is 238 g/mol. The van der Waals surface area contributed by atoms with Gasteiger partial charge in [-0.2, -0.15) is 0 Å². The first-order valence-corrected chi connectivity index (χ1v) is 7.53. The minimum Gasteiger partial charge on any atom is -0.305 e. The number of hydrogen-bond donors (Lipinski definition) is 1. The Bertz CT molecular complexity index is 528. The van der Waals surface area contributed by atoms with Gasteiger partial charge >= 0.3 is 0 Å². The first-order valence-electron chi connectivity index (χ1n) is 6.65. The van der Waals surface area contributed by atoms with Crippen LogP contribution in [0.5, 0.6) is 0 Å². The first kappa shape index (κ1) is 11.9. The van der Waals surface area contributed by atoms with Gasteiger partial charge in [0.15, 0.2) is 0 Å². The number of thiophene rings is 1. The van der Waals surface area contributed by atoms with Crippen molar-refractivity contribution in [2.24, 2.45) is 0 Å². The summed E-state index contributed by atoms with van der Waals surface area (Å²) < 4.78 is 0. The molecule has 2 heterocycles. The molecule has 0 amide bonds. The van der Waals surface area contributed by atoms with Gasteiger partial charge < -0.3 is 5.32 Å². The highest BCUT2D eigenvalue weighted by molar-refractivity contribution is 7.10. The summed E-state index contributed by atoms with van der Waals surface area (Å²) in [5.41, 5.74) is 4.44. The summed E-state index contributed by atoms with van der Waals surface area (Å²) in [7, 11) is 0. The lowest BCUT2D eigenvalue weighted by Crippen LogP contribution is -2.30. The molecule has 1 aliphatic rings. The van der Waals surface area contributed by atoms with E-state index in [-0.39, 0.29) is 0 Å². The van der Waals surface area contributed by atoms with E-state index in [2.05, 4.69) is 54.9 Å². The molecule has 1 nitrogen and oxygen atoms in total. The Kier molecular flexibility index (Phi) is 3.23. The smallest absolute Gasteiger partial charge is 0.0673 e. The van der Waals surface area contributed by atoms with E-state index in [9.17, 15) is 0 Å². The van der Waals surface area contributed by atoms with E-state index in [4.69, 9.17) is 0 Å². The molecule has 0 fully saturated rings. The largest absolute Gasteiger partial charge is 0.305 e. The molecular formula is C16H19NS. The third-order valence-corrected chi connectivity index (χ3v) is 4.66. The molecule has 1 aliphatic heterocycles. The van der Waals surface area contributed by atoms with Crippen molar-refractivity contribution >= 4 is 11.3 Å². The van der Waals surface area contributed by atoms with Gasteiger partial charge in [0.2, 0.25) is 0 Å². The van der Waals surface area contributed by atoms with Crippen molar-refractivity contribution in [2.75, 3.05) is 6.54 Å². The minimum atomic E-state index is 0.396. The third-order valence-electron chi connectivity index (χ3n) is 3.72. The number of nitrogens with one attached hydrogen (secondary N) is 1. The van der Waals surface area contributed by atoms with Crippen LogP contribution in [0, 0.1) is 0 Å². The average molecular weight is 257 g/mol. The Morgan fingerprint density at radius 1 is 1.28 bits per heavy atom. The number of rotatable bonds is 2. The van der Waals surface area contributed by atoms with Gasteiger partial charge in [-0.25, -0.2) is 0 Å². The number of benzene rings is 1. The molecule has 1 N–H and O–H groups in total. The van der Waals surface area contributed by atoms with Gasteiger partial charge in [0.25, 0.3) is 0 Å². The highest BCUT2D eigenvalue weighted by atomic mass is 32.1. The summed E-state index contributed by atoms with van der Waals surface area (Å²) in [5.74, 6) is 0.598. The van der Waals surface area contributed by atoms with Gasteiger partial charge in [-0.15, -0.1) is 11.3 Å². The van der Waals surface area contributed by atoms with E-state index < -0.39 is 0 Å². The van der Waals surface area contributed by atoms with Gasteiger partial charge in [-0.1, -0.05) is 38.1 Å². The number of hydrogen-bond acceptors (Lipinski definition) is 2. The fourth-order valence-corrected chi connectivity index (χ4v) is 3.46. The molecule has 2 heteroatoms. The fraction of sp³-hybridized carbons (Fsp3) is 0.375. The quantitative estimate of drug-likeness (QED) is 0.854. The molecule has 0 saturated carbocycles. The van der Waals surface area contributed by atoms with Crippen LogP contribution in [-0.4, -0.2) is 6.54 Å². The van der Waals surface area contributed by atoms with Gasteiger partial charge in [0.05, 0.1) is 6.04 Å². The Morgan fingerprint density at radius 3 is 2.89 bits per heavy atom. The van der Waals surface area contributed by atoms with Crippen LogP contribution in [0.2, 0.25) is 0 Å². The van der Waals surface area contributed by atoms with E-state index in [1.54, 1.807) is 0 Å². The molecule has 1 unspecified atom stereocenters. The van der Waals surface area contributed by atoms with Crippen molar-refractivity contribution in [2.45, 2.75) is 32.2 Å². The Hall–Kier alpha value is -1.12. The fourth-order valence-electron chi connectivity index (χ4n) is 2.64. The minimum absolute atomic E-state index is 0.396. The van der Waals surface area contributed by atoms with Crippen LogP contribution in [-0.2, 0) is 6.42 Å². The van der Waals surface area contributed by atoms with Gasteiger partial charge in [0, 0.05) is 11.4 Å². The Labute approximate surface area is 113 Å². The zero-order valence-corrected chi connectivity index (χ0v) is 11.8. The lowest BCUT2D eigenvalue weighted by Gasteiger charge is -2.27. The van der Waals surface area contributed by atoms with Crippen LogP contribution < -0.4 is 5.32 Å². The van der Waals surface area contributed by atoms with E-state index in [0.29, 0.717) is 12.0 Å². The van der Waals surface area contributed by atoms with Crippen LogP contribution >= 0.6 is 11.3 Å². The molecule has 0 radical (unpaired) electrons. The Balaban J connectivity index is 2.05. The van der Waals surface area contributed by atoms with Crippen LogP contribution in [0.15, 0.2) is 35.7 Å². The van der Waals surface area contributed by atoms with Gasteiger partial charge in [-0.05, 0) is 40.5 Å². The van der Waals surface area contributed by atoms with E-state index in [0.717, 1.165) is 13.0 Å². The van der Waals surface area contributed by atoms with Crippen LogP contribution in [0.25, 0.3) is 0 Å². The summed E-state index contributed by atoms with van der Waals surface area (Å²) in [6.45, 7) is 5.60. The summed E-state index contributed by atoms with van der Waals surface area (Å²) in [6, 6.07) is 11.8. The molecule has 18 heavy (non-hydrogen) atoms. The maximum Gasteiger partial charge on any atom is 0.0673 e. The molecule has 0 saturated heterocycles. The molecule has 3 rings (SSSR count). The summed E-state index contributed by atoms with van der Waals surface area (Å²) >= 11 is 1.84. The van der Waals surface area contributed by atoms with Crippen LogP contribution in [0.3, 0.4) is 0 Å². The highest BCUT2D eigenvalue weighted by Crippen LogP contribution is 2.33. The van der Waals surface area contributed by atoms with E-state index >= 15 is 0 Å². The molecule has 1 atom stereocenters. The SMILES string of the molecule is CC(C)c1ccc2c(c1)C(c1cccs1)NCC2. The second kappa shape index (κ2) is 4.87. The lowest BCUT2D eigenvalue weighted by atomic mass is 9.89. The molecule has 1 aromatic heterocycles. The highest BCUT2D eigenvalue weighted by Gasteiger charge is 2.22.